The number of methoxy groups -OCH3 is 1. The molecule has 0 unspecified atom stereocenters. The maximum atomic E-state index is 10.2. The minimum atomic E-state index is -0.391. The van der Waals surface area contributed by atoms with Crippen molar-refractivity contribution in [3.05, 3.63) is 77.4 Å². The third-order valence-electron chi connectivity index (χ3n) is 4.90. The van der Waals surface area contributed by atoms with E-state index in [0.29, 0.717) is 37.6 Å². The lowest BCUT2D eigenvalue weighted by Crippen LogP contribution is -2.24. The second kappa shape index (κ2) is 7.90. The molecule has 1 saturated heterocycles. The van der Waals surface area contributed by atoms with Crippen molar-refractivity contribution in [2.24, 2.45) is 0 Å². The fourth-order valence-corrected chi connectivity index (χ4v) is 3.53. The van der Waals surface area contributed by atoms with Gasteiger partial charge in [-0.1, -0.05) is 47.6 Å². The molecule has 1 aliphatic rings. The molecule has 2 heterocycles. The van der Waals surface area contributed by atoms with Crippen molar-refractivity contribution in [1.29, 1.82) is 0 Å². The van der Waals surface area contributed by atoms with Crippen molar-refractivity contribution in [2.75, 3.05) is 13.7 Å². The first kappa shape index (κ1) is 17.7. The van der Waals surface area contributed by atoms with E-state index < -0.39 is 6.10 Å². The number of aromatic nitrogens is 2. The summed E-state index contributed by atoms with van der Waals surface area (Å²) in [6.45, 7) is 1.30. The lowest BCUT2D eigenvalue weighted by atomic mass is 10.1. The Labute approximate surface area is 158 Å². The number of rotatable bonds is 6. The van der Waals surface area contributed by atoms with E-state index in [4.69, 9.17) is 9.26 Å². The second-order valence-electron chi connectivity index (χ2n) is 6.89. The highest BCUT2D eigenvalue weighted by atomic mass is 16.5. The molecule has 0 amide bonds. The summed E-state index contributed by atoms with van der Waals surface area (Å²) < 4.78 is 10.8. The van der Waals surface area contributed by atoms with Gasteiger partial charge >= 0.3 is 0 Å². The van der Waals surface area contributed by atoms with Gasteiger partial charge in [-0.2, -0.15) is 4.98 Å². The number of aliphatic hydroxyl groups is 1. The van der Waals surface area contributed by atoms with Crippen molar-refractivity contribution < 1.29 is 14.4 Å². The summed E-state index contributed by atoms with van der Waals surface area (Å²) in [6.07, 6.45) is 0.846. The largest absolute Gasteiger partial charge is 0.497 e. The van der Waals surface area contributed by atoms with Gasteiger partial charge in [-0.25, -0.2) is 0 Å². The van der Waals surface area contributed by atoms with Crippen LogP contribution in [0.5, 0.6) is 5.75 Å². The minimum Gasteiger partial charge on any atom is -0.497 e. The lowest BCUT2D eigenvalue weighted by Gasteiger charge is -2.21. The van der Waals surface area contributed by atoms with E-state index in [-0.39, 0.29) is 6.04 Å². The van der Waals surface area contributed by atoms with E-state index in [0.717, 1.165) is 16.9 Å². The molecule has 0 spiro atoms. The summed E-state index contributed by atoms with van der Waals surface area (Å²) in [5.41, 5.74) is 2.30. The van der Waals surface area contributed by atoms with E-state index in [1.807, 2.05) is 54.6 Å². The average molecular weight is 365 g/mol. The zero-order valence-electron chi connectivity index (χ0n) is 15.3. The Balaban J connectivity index is 1.47. The first-order valence-corrected chi connectivity index (χ1v) is 9.12. The summed E-state index contributed by atoms with van der Waals surface area (Å²) in [6, 6.07) is 18.0. The maximum Gasteiger partial charge on any atom is 0.244 e. The molecular formula is C21H23N3O3. The quantitative estimate of drug-likeness (QED) is 0.724. The number of nitrogens with zero attached hydrogens (tertiary/aromatic N) is 3. The molecular weight excluding hydrogens is 342 g/mol. The van der Waals surface area contributed by atoms with Crippen molar-refractivity contribution in [3.8, 4) is 5.75 Å². The van der Waals surface area contributed by atoms with Gasteiger partial charge in [-0.05, 0) is 29.7 Å². The van der Waals surface area contributed by atoms with Crippen molar-refractivity contribution in [1.82, 2.24) is 15.0 Å². The molecule has 27 heavy (non-hydrogen) atoms. The van der Waals surface area contributed by atoms with Gasteiger partial charge in [-0.3, -0.25) is 4.90 Å². The Morgan fingerprint density at radius 3 is 2.63 bits per heavy atom. The Hall–Kier alpha value is -2.70. The molecule has 4 rings (SSSR count). The molecule has 0 bridgehead atoms. The van der Waals surface area contributed by atoms with Crippen LogP contribution in [-0.2, 0) is 13.0 Å². The highest BCUT2D eigenvalue weighted by Gasteiger charge is 2.35. The molecule has 6 heteroatoms. The number of likely N-dealkylation sites (tertiary alicyclic amines) is 1. The standard InChI is InChI=1S/C21H23N3O3/c1-26-18-9-7-16(8-10-18)13-24-14-17(25)12-19(24)21-22-20(23-27-21)11-15-5-3-2-4-6-15/h2-10,17,19,25H,11-14H2,1H3/t17-,19+/m1/s1. The monoisotopic (exact) mass is 365 g/mol. The summed E-state index contributed by atoms with van der Waals surface area (Å²) in [5, 5.41) is 14.3. The summed E-state index contributed by atoms with van der Waals surface area (Å²) in [4.78, 5) is 6.78. The van der Waals surface area contributed by atoms with E-state index >= 15 is 0 Å². The molecule has 0 saturated carbocycles. The first-order valence-electron chi connectivity index (χ1n) is 9.12. The number of hydrogen-bond acceptors (Lipinski definition) is 6. The van der Waals surface area contributed by atoms with Crippen LogP contribution in [0.25, 0.3) is 0 Å². The minimum absolute atomic E-state index is 0.0703. The molecule has 1 aliphatic heterocycles. The Morgan fingerprint density at radius 2 is 1.89 bits per heavy atom. The molecule has 1 N–H and O–H groups in total. The Morgan fingerprint density at radius 1 is 1.11 bits per heavy atom. The van der Waals surface area contributed by atoms with Crippen LogP contribution in [0.4, 0.5) is 0 Å². The van der Waals surface area contributed by atoms with Gasteiger partial charge in [0.2, 0.25) is 5.89 Å². The van der Waals surface area contributed by atoms with Crippen LogP contribution in [0.3, 0.4) is 0 Å². The number of aliphatic hydroxyl groups excluding tert-OH is 1. The SMILES string of the molecule is COc1ccc(CN2C[C@H](O)C[C@H]2c2nc(Cc3ccccc3)no2)cc1. The van der Waals surface area contributed by atoms with Crippen LogP contribution < -0.4 is 4.74 Å². The number of β-amino-alcohol motifs (C(OH)–C–C–N with tert-alkyl or cyclic N) is 1. The predicted octanol–water partition coefficient (Wildman–Crippen LogP) is 2.98. The van der Waals surface area contributed by atoms with Gasteiger partial charge in [-0.15, -0.1) is 0 Å². The summed E-state index contributed by atoms with van der Waals surface area (Å²) in [5.74, 6) is 2.08. The first-order chi connectivity index (χ1) is 13.2. The molecule has 3 aromatic rings. The molecule has 1 aromatic heterocycles. The number of benzene rings is 2. The topological polar surface area (TPSA) is 71.6 Å². The van der Waals surface area contributed by atoms with E-state index in [1.54, 1.807) is 7.11 Å². The zero-order chi connectivity index (χ0) is 18.6. The fourth-order valence-electron chi connectivity index (χ4n) is 3.53. The van der Waals surface area contributed by atoms with Gasteiger partial charge < -0.3 is 14.4 Å². The maximum absolute atomic E-state index is 10.2. The summed E-state index contributed by atoms with van der Waals surface area (Å²) >= 11 is 0. The highest BCUT2D eigenvalue weighted by Crippen LogP contribution is 2.33. The normalized spacial score (nSPS) is 20.1. The Bertz CT molecular complexity index is 864. The highest BCUT2D eigenvalue weighted by molar-refractivity contribution is 5.27. The second-order valence-corrected chi connectivity index (χ2v) is 6.89. The third-order valence-corrected chi connectivity index (χ3v) is 4.90. The van der Waals surface area contributed by atoms with E-state index in [9.17, 15) is 5.11 Å². The van der Waals surface area contributed by atoms with Crippen molar-refractivity contribution in [2.45, 2.75) is 31.5 Å². The van der Waals surface area contributed by atoms with E-state index in [1.165, 1.54) is 0 Å². The van der Waals surface area contributed by atoms with Gasteiger partial charge in [0.25, 0.3) is 0 Å². The lowest BCUT2D eigenvalue weighted by molar-refractivity contribution is 0.169. The molecule has 2 aromatic carbocycles. The number of hydrogen-bond donors (Lipinski definition) is 1. The smallest absolute Gasteiger partial charge is 0.244 e. The average Bonchev–Trinajstić information content (AvgIpc) is 3.29. The third kappa shape index (κ3) is 4.18. The van der Waals surface area contributed by atoms with Crippen LogP contribution in [0.15, 0.2) is 59.1 Å². The predicted molar refractivity (Wildman–Crippen MR) is 100 cm³/mol. The fraction of sp³-hybridized carbons (Fsp3) is 0.333. The molecule has 2 atom stereocenters. The van der Waals surface area contributed by atoms with Gasteiger partial charge in [0.1, 0.15) is 5.75 Å². The van der Waals surface area contributed by atoms with Gasteiger partial charge in [0.05, 0.1) is 19.3 Å². The van der Waals surface area contributed by atoms with Gasteiger partial charge in [0, 0.05) is 19.5 Å². The summed E-state index contributed by atoms with van der Waals surface area (Å²) in [7, 11) is 1.66. The van der Waals surface area contributed by atoms with Crippen LogP contribution in [-0.4, -0.2) is 39.9 Å². The van der Waals surface area contributed by atoms with Crippen molar-refractivity contribution in [3.63, 3.8) is 0 Å². The molecule has 6 nitrogen and oxygen atoms in total. The van der Waals surface area contributed by atoms with Crippen LogP contribution in [0.2, 0.25) is 0 Å². The molecule has 0 aliphatic carbocycles. The van der Waals surface area contributed by atoms with Crippen LogP contribution in [0, 0.1) is 0 Å². The molecule has 1 fully saturated rings. The zero-order valence-corrected chi connectivity index (χ0v) is 15.3. The van der Waals surface area contributed by atoms with Crippen molar-refractivity contribution >= 4 is 0 Å². The Kier molecular flexibility index (Phi) is 5.18. The van der Waals surface area contributed by atoms with E-state index in [2.05, 4.69) is 15.0 Å². The van der Waals surface area contributed by atoms with Crippen LogP contribution >= 0.6 is 0 Å². The molecule has 0 radical (unpaired) electrons. The number of ether oxygens (including phenoxy) is 1. The van der Waals surface area contributed by atoms with Crippen LogP contribution in [0.1, 0.15) is 35.3 Å². The molecule has 140 valence electrons. The van der Waals surface area contributed by atoms with Gasteiger partial charge in [0.15, 0.2) is 5.82 Å².